The molecule has 3 rings (SSSR count). The summed E-state index contributed by atoms with van der Waals surface area (Å²) in [6.07, 6.45) is 3.50. The highest BCUT2D eigenvalue weighted by Gasteiger charge is 2.18. The first-order valence-corrected chi connectivity index (χ1v) is 12.4. The summed E-state index contributed by atoms with van der Waals surface area (Å²) >= 11 is 6.32. The molecule has 8 heteroatoms. The summed E-state index contributed by atoms with van der Waals surface area (Å²) in [6.45, 7) is 5.72. The molecule has 0 saturated heterocycles. The monoisotopic (exact) mass is 511 g/mol. The van der Waals surface area contributed by atoms with Crippen LogP contribution >= 0.6 is 11.6 Å². The third-order valence-corrected chi connectivity index (χ3v) is 6.13. The van der Waals surface area contributed by atoms with Crippen LogP contribution in [0.3, 0.4) is 0 Å². The fraction of sp³-hybridized carbons (Fsp3) is 0.393. The molecule has 1 atom stereocenters. The number of aromatic nitrogens is 2. The Morgan fingerprint density at radius 3 is 2.53 bits per heavy atom. The SMILES string of the molecule is CO/N=C(\C)c1nc(-c2ccc(C[C@@H](CCO)CC(=O)c3ccc(OC(C)C)c(Cl)c3)cc2)cn1C. The zero-order valence-electron chi connectivity index (χ0n) is 21.5. The van der Waals surface area contributed by atoms with Crippen molar-refractivity contribution in [1.82, 2.24) is 9.55 Å². The molecule has 0 aliphatic carbocycles. The first-order chi connectivity index (χ1) is 17.2. The van der Waals surface area contributed by atoms with E-state index in [1.807, 2.05) is 62.8 Å². The topological polar surface area (TPSA) is 85.9 Å². The average molecular weight is 512 g/mol. The number of ketones is 1. The number of aliphatic hydroxyl groups excluding tert-OH is 1. The van der Waals surface area contributed by atoms with E-state index < -0.39 is 0 Å². The maximum absolute atomic E-state index is 13.0. The van der Waals surface area contributed by atoms with Crippen LogP contribution in [0.2, 0.25) is 5.02 Å². The lowest BCUT2D eigenvalue weighted by Gasteiger charge is -2.16. The molecular formula is C28H34ClN3O4. The van der Waals surface area contributed by atoms with Gasteiger partial charge >= 0.3 is 0 Å². The van der Waals surface area contributed by atoms with E-state index in [4.69, 9.17) is 21.2 Å². The predicted octanol–water partition coefficient (Wildman–Crippen LogP) is 5.71. The van der Waals surface area contributed by atoms with Gasteiger partial charge in [0.15, 0.2) is 11.6 Å². The van der Waals surface area contributed by atoms with E-state index in [2.05, 4.69) is 10.1 Å². The third kappa shape index (κ3) is 7.18. The molecule has 1 heterocycles. The lowest BCUT2D eigenvalue weighted by Crippen LogP contribution is -2.13. The Morgan fingerprint density at radius 1 is 1.19 bits per heavy atom. The number of hydrogen-bond acceptors (Lipinski definition) is 6. The number of oxime groups is 1. The third-order valence-electron chi connectivity index (χ3n) is 5.83. The van der Waals surface area contributed by atoms with Crippen molar-refractivity contribution in [2.45, 2.75) is 46.1 Å². The number of halogens is 1. The minimum absolute atomic E-state index is 0.00211. The van der Waals surface area contributed by atoms with E-state index in [-0.39, 0.29) is 24.4 Å². The van der Waals surface area contributed by atoms with Gasteiger partial charge in [-0.1, -0.05) is 41.0 Å². The van der Waals surface area contributed by atoms with Crippen molar-refractivity contribution in [2.24, 2.45) is 18.1 Å². The normalized spacial score (nSPS) is 12.6. The first kappa shape index (κ1) is 27.4. The maximum Gasteiger partial charge on any atom is 0.163 e. The molecule has 0 fully saturated rings. The fourth-order valence-electron chi connectivity index (χ4n) is 4.13. The van der Waals surface area contributed by atoms with Crippen LogP contribution in [0, 0.1) is 5.92 Å². The van der Waals surface area contributed by atoms with Gasteiger partial charge in [-0.25, -0.2) is 4.98 Å². The minimum Gasteiger partial charge on any atom is -0.489 e. The number of aliphatic hydroxyl groups is 1. The van der Waals surface area contributed by atoms with Gasteiger partial charge in [0.25, 0.3) is 0 Å². The Balaban J connectivity index is 1.69. The zero-order chi connectivity index (χ0) is 26.2. The summed E-state index contributed by atoms with van der Waals surface area (Å²) in [6, 6.07) is 13.3. The summed E-state index contributed by atoms with van der Waals surface area (Å²) in [4.78, 5) is 22.5. The number of ether oxygens (including phenoxy) is 1. The molecule has 36 heavy (non-hydrogen) atoms. The number of carbonyl (C=O) groups excluding carboxylic acids is 1. The van der Waals surface area contributed by atoms with Gasteiger partial charge in [0.2, 0.25) is 0 Å². The molecule has 2 aromatic carbocycles. The highest BCUT2D eigenvalue weighted by Crippen LogP contribution is 2.28. The number of benzene rings is 2. The quantitative estimate of drug-likeness (QED) is 0.191. The highest BCUT2D eigenvalue weighted by atomic mass is 35.5. The molecule has 0 spiro atoms. The second-order valence-electron chi connectivity index (χ2n) is 9.14. The largest absolute Gasteiger partial charge is 0.489 e. The Morgan fingerprint density at radius 2 is 1.92 bits per heavy atom. The van der Waals surface area contributed by atoms with Crippen LogP contribution in [-0.4, -0.2) is 46.0 Å². The van der Waals surface area contributed by atoms with Gasteiger partial charge < -0.3 is 19.2 Å². The lowest BCUT2D eigenvalue weighted by atomic mass is 9.89. The standard InChI is InChI=1S/C28H34ClN3O4/c1-18(2)36-27-11-10-23(16-24(27)29)26(34)15-21(12-13-33)14-20-6-8-22(9-7-20)25-17-32(4)28(30-25)19(3)31-35-5/h6-11,16-18,21,33H,12-15H2,1-5H3/b31-19+/t21-/m1/s1. The van der Waals surface area contributed by atoms with Crippen LogP contribution in [0.25, 0.3) is 11.3 Å². The minimum atomic E-state index is -0.00262. The van der Waals surface area contributed by atoms with Gasteiger partial charge in [0, 0.05) is 37.4 Å². The van der Waals surface area contributed by atoms with Crippen LogP contribution in [0.4, 0.5) is 0 Å². The first-order valence-electron chi connectivity index (χ1n) is 12.0. The number of nitrogens with zero attached hydrogens (tertiary/aromatic N) is 3. The molecular weight excluding hydrogens is 478 g/mol. The Bertz CT molecular complexity index is 1200. The van der Waals surface area contributed by atoms with Gasteiger partial charge in [-0.3, -0.25) is 4.79 Å². The van der Waals surface area contributed by atoms with Gasteiger partial charge in [-0.2, -0.15) is 0 Å². The number of Topliss-reactive ketones (excluding diaryl/α,β-unsaturated/α-hetero) is 1. The Labute approximate surface area is 217 Å². The molecule has 0 bridgehead atoms. The Kier molecular flexibility index (Phi) is 9.67. The summed E-state index contributed by atoms with van der Waals surface area (Å²) < 4.78 is 7.57. The maximum atomic E-state index is 13.0. The summed E-state index contributed by atoms with van der Waals surface area (Å²) in [5, 5.41) is 14.0. The van der Waals surface area contributed by atoms with Gasteiger partial charge in [0.1, 0.15) is 18.6 Å². The molecule has 7 nitrogen and oxygen atoms in total. The number of hydrogen-bond donors (Lipinski definition) is 1. The number of imidazole rings is 1. The van der Waals surface area contributed by atoms with Crippen molar-refractivity contribution >= 4 is 23.1 Å². The summed E-state index contributed by atoms with van der Waals surface area (Å²) in [5.41, 5.74) is 4.17. The van der Waals surface area contributed by atoms with Gasteiger partial charge in [-0.15, -0.1) is 0 Å². The molecule has 0 amide bonds. The molecule has 192 valence electrons. The van der Waals surface area contributed by atoms with Crippen molar-refractivity contribution in [3.63, 3.8) is 0 Å². The molecule has 1 aromatic heterocycles. The second kappa shape index (κ2) is 12.7. The Hall–Kier alpha value is -3.16. The molecule has 0 aliphatic heterocycles. The van der Waals surface area contributed by atoms with Crippen molar-refractivity contribution in [3.05, 3.63) is 70.6 Å². The van der Waals surface area contributed by atoms with Crippen LogP contribution in [0.1, 0.15) is 55.4 Å². The summed E-state index contributed by atoms with van der Waals surface area (Å²) in [5.74, 6) is 1.31. The van der Waals surface area contributed by atoms with E-state index in [0.29, 0.717) is 41.3 Å². The van der Waals surface area contributed by atoms with Crippen molar-refractivity contribution in [3.8, 4) is 17.0 Å². The lowest BCUT2D eigenvalue weighted by molar-refractivity contribution is 0.0953. The number of rotatable bonds is 12. The van der Waals surface area contributed by atoms with Crippen molar-refractivity contribution in [2.75, 3.05) is 13.7 Å². The molecule has 0 radical (unpaired) electrons. The average Bonchev–Trinajstić information content (AvgIpc) is 3.22. The smallest absolute Gasteiger partial charge is 0.163 e. The molecule has 3 aromatic rings. The van der Waals surface area contributed by atoms with E-state index in [1.54, 1.807) is 18.2 Å². The predicted molar refractivity (Wildman–Crippen MR) is 143 cm³/mol. The summed E-state index contributed by atoms with van der Waals surface area (Å²) in [7, 11) is 3.43. The van der Waals surface area contributed by atoms with Crippen LogP contribution < -0.4 is 4.74 Å². The van der Waals surface area contributed by atoms with E-state index >= 15 is 0 Å². The number of carbonyl (C=O) groups is 1. The zero-order valence-corrected chi connectivity index (χ0v) is 22.2. The van der Waals surface area contributed by atoms with Crippen molar-refractivity contribution < 1.29 is 19.5 Å². The van der Waals surface area contributed by atoms with Crippen LogP contribution in [-0.2, 0) is 18.3 Å². The van der Waals surface area contributed by atoms with E-state index in [0.717, 1.165) is 22.6 Å². The van der Waals surface area contributed by atoms with Crippen molar-refractivity contribution in [1.29, 1.82) is 0 Å². The second-order valence-corrected chi connectivity index (χ2v) is 9.55. The molecule has 1 N–H and O–H groups in total. The molecule has 0 saturated carbocycles. The van der Waals surface area contributed by atoms with Crippen LogP contribution in [0.15, 0.2) is 53.8 Å². The van der Waals surface area contributed by atoms with Gasteiger partial charge in [0.05, 0.1) is 16.8 Å². The molecule has 0 aliphatic rings. The van der Waals surface area contributed by atoms with E-state index in [1.165, 1.54) is 7.11 Å². The van der Waals surface area contributed by atoms with Crippen LogP contribution in [0.5, 0.6) is 5.75 Å². The molecule has 0 unspecified atom stereocenters. The highest BCUT2D eigenvalue weighted by molar-refractivity contribution is 6.32. The van der Waals surface area contributed by atoms with E-state index in [9.17, 15) is 9.90 Å². The van der Waals surface area contributed by atoms with Gasteiger partial charge in [-0.05, 0) is 63.3 Å². The fourth-order valence-corrected chi connectivity index (χ4v) is 4.35. The number of aryl methyl sites for hydroxylation is 1.